The van der Waals surface area contributed by atoms with Crippen molar-refractivity contribution in [3.05, 3.63) is 182 Å². The topological polar surface area (TPSA) is 51.6 Å². The third-order valence-corrected chi connectivity index (χ3v) is 9.68. The van der Waals surface area contributed by atoms with Gasteiger partial charge in [-0.25, -0.2) is 15.0 Å². The van der Waals surface area contributed by atoms with Crippen LogP contribution in [0.1, 0.15) is 11.1 Å². The maximum absolute atomic E-state index is 5.12. The Labute approximate surface area is 302 Å². The molecule has 0 N–H and O–H groups in total. The Bertz CT molecular complexity index is 2770. The number of hydrogen-bond donors (Lipinski definition) is 0. The molecule has 0 bridgehead atoms. The summed E-state index contributed by atoms with van der Waals surface area (Å²) in [4.78, 5) is 19.8. The summed E-state index contributed by atoms with van der Waals surface area (Å²) in [5.41, 5.74) is 10.2. The van der Waals surface area contributed by atoms with Gasteiger partial charge in [0.15, 0.2) is 17.5 Å². The second kappa shape index (κ2) is 13.0. The van der Waals surface area contributed by atoms with Crippen molar-refractivity contribution in [1.82, 2.24) is 19.9 Å². The molecular formula is C48H32N4. The van der Waals surface area contributed by atoms with Crippen molar-refractivity contribution in [3.8, 4) is 56.4 Å². The van der Waals surface area contributed by atoms with Crippen molar-refractivity contribution >= 4 is 44.6 Å². The quantitative estimate of drug-likeness (QED) is 0.159. The summed E-state index contributed by atoms with van der Waals surface area (Å²) in [7, 11) is 0. The van der Waals surface area contributed by atoms with Gasteiger partial charge in [-0.15, -0.1) is 0 Å². The summed E-state index contributed by atoms with van der Waals surface area (Å²) in [6.45, 7) is 8.40. The zero-order valence-electron chi connectivity index (χ0n) is 28.4. The smallest absolute Gasteiger partial charge is 0.164 e. The van der Waals surface area contributed by atoms with E-state index in [1.165, 1.54) is 0 Å². The fourth-order valence-electron chi connectivity index (χ4n) is 7.25. The van der Waals surface area contributed by atoms with Crippen LogP contribution in [0.4, 0.5) is 0 Å². The summed E-state index contributed by atoms with van der Waals surface area (Å²) < 4.78 is 0. The third kappa shape index (κ3) is 5.44. The molecule has 0 atom stereocenters. The van der Waals surface area contributed by atoms with Gasteiger partial charge in [-0.2, -0.15) is 0 Å². The van der Waals surface area contributed by atoms with Crippen LogP contribution in [0.2, 0.25) is 0 Å². The van der Waals surface area contributed by atoms with Crippen molar-refractivity contribution in [1.29, 1.82) is 0 Å². The Morgan fingerprint density at radius 1 is 0.404 bits per heavy atom. The van der Waals surface area contributed by atoms with Crippen LogP contribution in [0.15, 0.2) is 171 Å². The molecule has 7 aromatic carbocycles. The van der Waals surface area contributed by atoms with E-state index >= 15 is 0 Å². The van der Waals surface area contributed by atoms with E-state index in [1.54, 1.807) is 0 Å². The molecule has 2 aromatic heterocycles. The van der Waals surface area contributed by atoms with Crippen molar-refractivity contribution in [2.75, 3.05) is 0 Å². The molecule has 0 radical (unpaired) electrons. The van der Waals surface area contributed by atoms with Crippen molar-refractivity contribution in [3.63, 3.8) is 0 Å². The Balaban J connectivity index is 1.35. The standard InChI is InChI=1S/C48H32N4/c1-3-38-39(4-2)42-23-13-22-40(45(42)43-21-12-11-20-41(38)43)36-28-35(33-24-25-44-34(27-33)19-14-26-49-44)29-37(30-36)48-51-46(31-15-7-5-8-16-31)50-47(52-48)32-17-9-6-10-18-32/h3-30H,1-2H2. The summed E-state index contributed by atoms with van der Waals surface area (Å²) in [6.07, 6.45) is 5.71. The summed E-state index contributed by atoms with van der Waals surface area (Å²) in [5.74, 6) is 1.85. The number of rotatable bonds is 7. The molecular weight excluding hydrogens is 633 g/mol. The van der Waals surface area contributed by atoms with Gasteiger partial charge in [0.2, 0.25) is 0 Å². The highest BCUT2D eigenvalue weighted by Gasteiger charge is 2.18. The average Bonchev–Trinajstić information content (AvgIpc) is 3.23. The lowest BCUT2D eigenvalue weighted by Crippen LogP contribution is -2.00. The highest BCUT2D eigenvalue weighted by molar-refractivity contribution is 6.19. The average molecular weight is 665 g/mol. The minimum absolute atomic E-state index is 0.601. The monoisotopic (exact) mass is 664 g/mol. The molecule has 0 amide bonds. The number of aromatic nitrogens is 4. The molecule has 9 aromatic rings. The Morgan fingerprint density at radius 2 is 0.981 bits per heavy atom. The zero-order valence-corrected chi connectivity index (χ0v) is 28.4. The lowest BCUT2D eigenvalue weighted by molar-refractivity contribution is 1.07. The molecule has 52 heavy (non-hydrogen) atoms. The first-order valence-electron chi connectivity index (χ1n) is 17.3. The zero-order chi connectivity index (χ0) is 35.0. The van der Waals surface area contributed by atoms with Crippen LogP contribution in [0.3, 0.4) is 0 Å². The van der Waals surface area contributed by atoms with E-state index in [4.69, 9.17) is 15.0 Å². The van der Waals surface area contributed by atoms with Gasteiger partial charge in [-0.05, 0) is 91.3 Å². The maximum atomic E-state index is 5.12. The van der Waals surface area contributed by atoms with Gasteiger partial charge in [0.1, 0.15) is 0 Å². The van der Waals surface area contributed by atoms with Gasteiger partial charge in [-0.3, -0.25) is 4.98 Å². The van der Waals surface area contributed by atoms with Crippen LogP contribution in [0.25, 0.3) is 101 Å². The minimum Gasteiger partial charge on any atom is -0.256 e. The van der Waals surface area contributed by atoms with Crippen molar-refractivity contribution in [2.24, 2.45) is 0 Å². The number of fused-ring (bicyclic) bond motifs is 4. The Morgan fingerprint density at radius 3 is 1.67 bits per heavy atom. The van der Waals surface area contributed by atoms with E-state index in [-0.39, 0.29) is 0 Å². The van der Waals surface area contributed by atoms with Crippen LogP contribution >= 0.6 is 0 Å². The van der Waals surface area contributed by atoms with Gasteiger partial charge in [0, 0.05) is 28.3 Å². The first-order valence-corrected chi connectivity index (χ1v) is 17.3. The van der Waals surface area contributed by atoms with E-state index in [9.17, 15) is 0 Å². The number of pyridine rings is 1. The molecule has 0 unspecified atom stereocenters. The summed E-state index contributed by atoms with van der Waals surface area (Å²) >= 11 is 0. The largest absolute Gasteiger partial charge is 0.256 e. The van der Waals surface area contributed by atoms with Gasteiger partial charge in [0.25, 0.3) is 0 Å². The number of nitrogens with zero attached hydrogens (tertiary/aromatic N) is 4. The SMILES string of the molecule is C=Cc1c(C=C)c2cccc(-c3cc(-c4ccc5ncccc5c4)cc(-c4nc(-c5ccccc5)nc(-c5ccccc5)n4)c3)c2c2ccccc12. The molecule has 0 aliphatic carbocycles. The highest BCUT2D eigenvalue weighted by Crippen LogP contribution is 2.42. The molecule has 2 heterocycles. The molecule has 0 aliphatic heterocycles. The second-order valence-electron chi connectivity index (χ2n) is 12.8. The molecule has 0 aliphatic rings. The number of hydrogen-bond acceptors (Lipinski definition) is 4. The predicted molar refractivity (Wildman–Crippen MR) is 218 cm³/mol. The van der Waals surface area contributed by atoms with E-state index in [2.05, 4.69) is 103 Å². The molecule has 244 valence electrons. The first kappa shape index (κ1) is 31.0. The molecule has 4 nitrogen and oxygen atoms in total. The summed E-state index contributed by atoms with van der Waals surface area (Å²) in [6, 6.07) is 52.4. The van der Waals surface area contributed by atoms with Crippen LogP contribution in [0.5, 0.6) is 0 Å². The molecule has 0 saturated carbocycles. The van der Waals surface area contributed by atoms with E-state index in [1.807, 2.05) is 85.1 Å². The van der Waals surface area contributed by atoms with Gasteiger partial charge < -0.3 is 0 Å². The maximum Gasteiger partial charge on any atom is 0.164 e. The van der Waals surface area contributed by atoms with Crippen molar-refractivity contribution < 1.29 is 0 Å². The van der Waals surface area contributed by atoms with E-state index in [0.29, 0.717) is 17.5 Å². The Kier molecular flexibility index (Phi) is 7.75. The lowest BCUT2D eigenvalue weighted by Gasteiger charge is -2.18. The molecule has 0 spiro atoms. The van der Waals surface area contributed by atoms with Crippen LogP contribution in [-0.4, -0.2) is 19.9 Å². The van der Waals surface area contributed by atoms with Crippen LogP contribution < -0.4 is 0 Å². The van der Waals surface area contributed by atoms with Crippen LogP contribution in [-0.2, 0) is 0 Å². The van der Waals surface area contributed by atoms with E-state index < -0.39 is 0 Å². The molecule has 0 saturated heterocycles. The van der Waals surface area contributed by atoms with Crippen molar-refractivity contribution in [2.45, 2.75) is 0 Å². The highest BCUT2D eigenvalue weighted by atomic mass is 15.0. The molecule has 9 rings (SSSR count). The minimum atomic E-state index is 0.601. The summed E-state index contributed by atoms with van der Waals surface area (Å²) in [5, 5.41) is 5.67. The lowest BCUT2D eigenvalue weighted by atomic mass is 9.86. The molecule has 4 heteroatoms. The normalized spacial score (nSPS) is 11.2. The predicted octanol–water partition coefficient (Wildman–Crippen LogP) is 12.3. The second-order valence-corrected chi connectivity index (χ2v) is 12.8. The van der Waals surface area contributed by atoms with E-state index in [0.717, 1.165) is 82.5 Å². The first-order chi connectivity index (χ1) is 25.7. The fraction of sp³-hybridized carbons (Fsp3) is 0. The van der Waals surface area contributed by atoms with Crippen LogP contribution in [0, 0.1) is 0 Å². The van der Waals surface area contributed by atoms with Gasteiger partial charge in [0.05, 0.1) is 5.52 Å². The molecule has 0 fully saturated rings. The number of benzene rings is 7. The van der Waals surface area contributed by atoms with Gasteiger partial charge in [-0.1, -0.05) is 141 Å². The van der Waals surface area contributed by atoms with Gasteiger partial charge >= 0.3 is 0 Å². The fourth-order valence-corrected chi connectivity index (χ4v) is 7.25. The Hall–Kier alpha value is -7.04. The third-order valence-electron chi connectivity index (χ3n) is 9.68.